The molecule has 1 aromatic carbocycles. The number of likely N-dealkylation sites (N-methyl/N-ethyl adjacent to an activating group) is 1. The average Bonchev–Trinajstić information content (AvgIpc) is 2.72. The predicted octanol–water partition coefficient (Wildman–Crippen LogP) is 3.66. The summed E-state index contributed by atoms with van der Waals surface area (Å²) in [4.78, 5) is 18.2. The van der Waals surface area contributed by atoms with Crippen LogP contribution in [0.5, 0.6) is 5.75 Å². The van der Waals surface area contributed by atoms with Crippen molar-refractivity contribution >= 4 is 17.2 Å². The number of nitrogens with one attached hydrogen (secondary N) is 1. The molecule has 0 radical (unpaired) electrons. The van der Waals surface area contributed by atoms with E-state index in [2.05, 4.69) is 16.4 Å². The van der Waals surface area contributed by atoms with Gasteiger partial charge in [-0.1, -0.05) is 6.07 Å². The number of amides is 1. The number of rotatable bonds is 4. The molecule has 2 aromatic rings. The Hall–Kier alpha value is -3.12. The molecular weight excluding hydrogens is 366 g/mol. The Bertz CT molecular complexity index is 998. The van der Waals surface area contributed by atoms with E-state index in [9.17, 15) is 9.90 Å². The largest absolute Gasteiger partial charge is 0.482 e. The minimum atomic E-state index is -0.615. The lowest BCUT2D eigenvalue weighted by atomic mass is 9.94. The van der Waals surface area contributed by atoms with Crippen molar-refractivity contribution in [3.8, 4) is 5.75 Å². The maximum atomic E-state index is 12.0. The number of fused-ring (bicyclic) bond motifs is 1. The number of aromatic nitrogens is 1. The summed E-state index contributed by atoms with van der Waals surface area (Å²) in [5.74, 6) is 0.625. The Balaban J connectivity index is 1.75. The summed E-state index contributed by atoms with van der Waals surface area (Å²) < 4.78 is 6.27. The minimum Gasteiger partial charge on any atom is -0.482 e. The molecule has 2 atom stereocenters. The number of benzene rings is 1. The highest BCUT2D eigenvalue weighted by Gasteiger charge is 2.24. The molecule has 0 fully saturated rings. The van der Waals surface area contributed by atoms with E-state index in [4.69, 9.17) is 4.74 Å². The van der Waals surface area contributed by atoms with Crippen LogP contribution in [0.4, 0.5) is 5.69 Å². The summed E-state index contributed by atoms with van der Waals surface area (Å²) in [5, 5.41) is 13.1. The van der Waals surface area contributed by atoms with E-state index in [1.165, 1.54) is 0 Å². The Kier molecular flexibility index (Phi) is 5.11. The molecule has 2 aliphatic heterocycles. The number of pyridine rings is 1. The Morgan fingerprint density at radius 2 is 2.14 bits per heavy atom. The van der Waals surface area contributed by atoms with Crippen LogP contribution >= 0.6 is 0 Å². The zero-order valence-corrected chi connectivity index (χ0v) is 16.8. The fourth-order valence-electron chi connectivity index (χ4n) is 3.72. The molecule has 0 spiro atoms. The second-order valence-corrected chi connectivity index (χ2v) is 7.58. The van der Waals surface area contributed by atoms with E-state index in [-0.39, 0.29) is 12.0 Å². The number of ether oxygens (including phenoxy) is 1. The molecule has 0 saturated heterocycles. The summed E-state index contributed by atoms with van der Waals surface area (Å²) in [6, 6.07) is 9.76. The third-order valence-electron chi connectivity index (χ3n) is 5.33. The molecule has 3 heterocycles. The normalized spacial score (nSPS) is 19.7. The van der Waals surface area contributed by atoms with E-state index >= 15 is 0 Å². The zero-order chi connectivity index (χ0) is 20.5. The second-order valence-electron chi connectivity index (χ2n) is 7.58. The molecule has 0 saturated carbocycles. The van der Waals surface area contributed by atoms with Crippen LogP contribution in [0.15, 0.2) is 54.4 Å². The van der Waals surface area contributed by atoms with E-state index in [1.807, 2.05) is 57.4 Å². The Morgan fingerprint density at radius 3 is 2.86 bits per heavy atom. The van der Waals surface area contributed by atoms with Crippen LogP contribution in [0.3, 0.4) is 0 Å². The molecule has 0 bridgehead atoms. The first kappa shape index (κ1) is 19.2. The quantitative estimate of drug-likeness (QED) is 0.832. The van der Waals surface area contributed by atoms with Crippen LogP contribution in [0.1, 0.15) is 43.2 Å². The number of aliphatic hydroxyl groups excluding tert-OH is 1. The van der Waals surface area contributed by atoms with Crippen LogP contribution < -0.4 is 10.1 Å². The first-order valence-corrected chi connectivity index (χ1v) is 9.77. The summed E-state index contributed by atoms with van der Waals surface area (Å²) >= 11 is 0. The van der Waals surface area contributed by atoms with E-state index < -0.39 is 6.23 Å². The van der Waals surface area contributed by atoms with Gasteiger partial charge < -0.3 is 20.1 Å². The number of hydrogen-bond acceptors (Lipinski definition) is 5. The Labute approximate surface area is 170 Å². The van der Waals surface area contributed by atoms with Gasteiger partial charge in [-0.05, 0) is 72.9 Å². The lowest BCUT2D eigenvalue weighted by Gasteiger charge is -2.29. The highest BCUT2D eigenvalue weighted by molar-refractivity contribution is 5.96. The number of carbonyl (C=O) groups excluding carboxylic acids is 1. The van der Waals surface area contributed by atoms with Gasteiger partial charge in [0.25, 0.3) is 0 Å². The highest BCUT2D eigenvalue weighted by atomic mass is 16.5. The fourth-order valence-corrected chi connectivity index (χ4v) is 3.72. The van der Waals surface area contributed by atoms with Gasteiger partial charge in [0, 0.05) is 25.9 Å². The second kappa shape index (κ2) is 7.72. The summed E-state index contributed by atoms with van der Waals surface area (Å²) in [6.45, 7) is 3.85. The van der Waals surface area contributed by atoms with Crippen LogP contribution in [0.2, 0.25) is 0 Å². The smallest absolute Gasteiger partial charge is 0.224 e. The van der Waals surface area contributed by atoms with Crippen molar-refractivity contribution in [1.29, 1.82) is 0 Å². The van der Waals surface area contributed by atoms with Gasteiger partial charge in [0.2, 0.25) is 5.91 Å². The molecule has 6 heteroatoms. The third kappa shape index (κ3) is 3.89. The number of allylic oxidation sites excluding steroid dienone is 2. The van der Waals surface area contributed by atoms with Crippen molar-refractivity contribution < 1.29 is 14.6 Å². The third-order valence-corrected chi connectivity index (χ3v) is 5.33. The average molecular weight is 391 g/mol. The van der Waals surface area contributed by atoms with Crippen LogP contribution in [0.25, 0.3) is 5.57 Å². The molecule has 6 nitrogen and oxygen atoms in total. The lowest BCUT2D eigenvalue weighted by Crippen LogP contribution is -2.30. The summed E-state index contributed by atoms with van der Waals surface area (Å²) in [5.41, 5.74) is 5.46. The van der Waals surface area contributed by atoms with Gasteiger partial charge in [-0.3, -0.25) is 9.78 Å². The van der Waals surface area contributed by atoms with Gasteiger partial charge in [0.1, 0.15) is 18.1 Å². The topological polar surface area (TPSA) is 74.7 Å². The predicted molar refractivity (Wildman–Crippen MR) is 112 cm³/mol. The van der Waals surface area contributed by atoms with E-state index in [0.717, 1.165) is 33.7 Å². The minimum absolute atomic E-state index is 0.00364. The first-order valence-electron chi connectivity index (χ1n) is 9.77. The highest BCUT2D eigenvalue weighted by Crippen LogP contribution is 2.39. The molecular formula is C23H25N3O3. The number of aryl methyl sites for hydroxylation is 1. The molecule has 2 N–H and O–H groups in total. The van der Waals surface area contributed by atoms with E-state index in [0.29, 0.717) is 18.6 Å². The number of anilines is 1. The van der Waals surface area contributed by atoms with Crippen molar-refractivity contribution in [3.63, 3.8) is 0 Å². The number of carbonyl (C=O) groups is 1. The van der Waals surface area contributed by atoms with Gasteiger partial charge >= 0.3 is 0 Å². The van der Waals surface area contributed by atoms with Gasteiger partial charge in [0.05, 0.1) is 11.4 Å². The van der Waals surface area contributed by atoms with Crippen molar-refractivity contribution in [2.45, 2.75) is 39.0 Å². The molecule has 1 aromatic heterocycles. The zero-order valence-electron chi connectivity index (χ0n) is 16.8. The van der Waals surface area contributed by atoms with Crippen LogP contribution in [-0.2, 0) is 11.2 Å². The van der Waals surface area contributed by atoms with Crippen molar-refractivity contribution in [3.05, 3.63) is 71.2 Å². The number of hydrogen-bond donors (Lipinski definition) is 2. The summed E-state index contributed by atoms with van der Waals surface area (Å²) in [6.07, 6.45) is 5.89. The molecule has 4 rings (SSSR count). The van der Waals surface area contributed by atoms with Gasteiger partial charge in [-0.15, -0.1) is 0 Å². The molecule has 1 amide bonds. The van der Waals surface area contributed by atoms with Crippen molar-refractivity contribution in [2.24, 2.45) is 0 Å². The summed E-state index contributed by atoms with van der Waals surface area (Å²) in [7, 11) is 1.85. The van der Waals surface area contributed by atoms with Crippen molar-refractivity contribution in [2.75, 3.05) is 12.4 Å². The maximum absolute atomic E-state index is 12.0. The van der Waals surface area contributed by atoms with Gasteiger partial charge in [-0.2, -0.15) is 0 Å². The molecule has 1 unspecified atom stereocenters. The maximum Gasteiger partial charge on any atom is 0.224 e. The van der Waals surface area contributed by atoms with Crippen LogP contribution in [0, 0.1) is 0 Å². The van der Waals surface area contributed by atoms with Crippen LogP contribution in [-0.4, -0.2) is 34.2 Å². The van der Waals surface area contributed by atoms with Gasteiger partial charge in [-0.25, -0.2) is 0 Å². The molecule has 150 valence electrons. The Morgan fingerprint density at radius 1 is 1.31 bits per heavy atom. The first-order chi connectivity index (χ1) is 13.9. The van der Waals surface area contributed by atoms with Crippen molar-refractivity contribution in [1.82, 2.24) is 9.88 Å². The lowest BCUT2D eigenvalue weighted by molar-refractivity contribution is -0.116. The monoisotopic (exact) mass is 391 g/mol. The SMILES string of the molecule is CC1=CC(c2cc3c(c(O[C@H](C)c4ccccn4)c2)NC(=O)CC3)=CN(C)C1O. The number of aliphatic hydroxyl groups is 1. The van der Waals surface area contributed by atoms with E-state index in [1.54, 1.807) is 11.1 Å². The number of nitrogens with zero attached hydrogens (tertiary/aromatic N) is 2. The molecule has 2 aliphatic rings. The molecule has 0 aliphatic carbocycles. The molecule has 29 heavy (non-hydrogen) atoms. The van der Waals surface area contributed by atoms with Gasteiger partial charge in [0.15, 0.2) is 0 Å². The standard InChI is InChI=1S/C23H25N3O3/c1-14-10-18(13-26(3)23(14)28)17-11-16-7-8-21(27)25-22(16)20(12-17)29-15(2)19-6-4-5-9-24-19/h4-6,9-13,15,23,28H,7-8H2,1-3H3,(H,25,27)/t15-,23?/m1/s1. The fraction of sp³-hybridized carbons (Fsp3) is 0.304.